The van der Waals surface area contributed by atoms with Crippen molar-refractivity contribution in [3.8, 4) is 0 Å². The predicted molar refractivity (Wildman–Crippen MR) is 184 cm³/mol. The zero-order valence-electron chi connectivity index (χ0n) is 24.2. The van der Waals surface area contributed by atoms with Crippen LogP contribution in [0.4, 0.5) is 5.69 Å². The summed E-state index contributed by atoms with van der Waals surface area (Å²) in [5.74, 6) is -0.942. The highest BCUT2D eigenvalue weighted by Gasteiger charge is 2.35. The van der Waals surface area contributed by atoms with Gasteiger partial charge < -0.3 is 10.2 Å². The third kappa shape index (κ3) is 8.74. The minimum atomic E-state index is -4.17. The fraction of sp³-hybridized carbons (Fsp3) is 0.212. The van der Waals surface area contributed by atoms with Crippen molar-refractivity contribution < 1.29 is 18.0 Å². The van der Waals surface area contributed by atoms with Crippen molar-refractivity contribution in [3.05, 3.63) is 128 Å². The van der Waals surface area contributed by atoms with Gasteiger partial charge in [-0.3, -0.25) is 13.9 Å². The number of amides is 2. The molecule has 0 saturated heterocycles. The highest BCUT2D eigenvalue weighted by Crippen LogP contribution is 2.27. The minimum absolute atomic E-state index is 0.0389. The average molecular weight is 765 g/mol. The van der Waals surface area contributed by atoms with Crippen LogP contribution in [0.2, 0.25) is 10.0 Å². The fourth-order valence-corrected chi connectivity index (χ4v) is 6.89. The van der Waals surface area contributed by atoms with Crippen LogP contribution in [0, 0.1) is 3.57 Å². The van der Waals surface area contributed by atoms with E-state index in [0.717, 1.165) is 13.4 Å². The molecule has 0 saturated carbocycles. The Morgan fingerprint density at radius 3 is 2.07 bits per heavy atom. The molecule has 0 aromatic heterocycles. The number of rotatable bonds is 12. The van der Waals surface area contributed by atoms with E-state index in [2.05, 4.69) is 27.9 Å². The van der Waals surface area contributed by atoms with Crippen LogP contribution >= 0.6 is 45.8 Å². The molecule has 1 N–H and O–H groups in total. The first-order valence-electron chi connectivity index (χ1n) is 13.9. The molecule has 44 heavy (non-hydrogen) atoms. The zero-order chi connectivity index (χ0) is 31.9. The number of hydrogen-bond donors (Lipinski definition) is 1. The molecule has 4 aromatic rings. The Bertz CT molecular complexity index is 1690. The van der Waals surface area contributed by atoms with Gasteiger partial charge in [0.15, 0.2) is 0 Å². The smallest absolute Gasteiger partial charge is 0.264 e. The Morgan fingerprint density at radius 1 is 0.864 bits per heavy atom. The van der Waals surface area contributed by atoms with Gasteiger partial charge in [0.05, 0.1) is 10.6 Å². The van der Waals surface area contributed by atoms with Gasteiger partial charge in [0.1, 0.15) is 12.6 Å². The van der Waals surface area contributed by atoms with Crippen LogP contribution in [0.15, 0.2) is 108 Å². The topological polar surface area (TPSA) is 86.8 Å². The zero-order valence-corrected chi connectivity index (χ0v) is 28.6. The Balaban J connectivity index is 1.81. The van der Waals surface area contributed by atoms with E-state index in [0.29, 0.717) is 21.3 Å². The van der Waals surface area contributed by atoms with Crippen LogP contribution in [0.1, 0.15) is 25.0 Å². The lowest BCUT2D eigenvalue weighted by Gasteiger charge is -2.34. The van der Waals surface area contributed by atoms with Gasteiger partial charge >= 0.3 is 0 Å². The summed E-state index contributed by atoms with van der Waals surface area (Å²) in [6.07, 6.45) is 0.200. The largest absolute Gasteiger partial charge is 0.352 e. The molecule has 0 bridgehead atoms. The Hall–Kier alpha value is -3.12. The molecule has 0 fully saturated rings. The molecular formula is C33H32Cl2IN3O4S. The molecular weight excluding hydrogens is 732 g/mol. The molecule has 1 atom stereocenters. The summed E-state index contributed by atoms with van der Waals surface area (Å²) >= 11 is 14.8. The van der Waals surface area contributed by atoms with Crippen molar-refractivity contribution in [2.45, 2.75) is 43.8 Å². The Morgan fingerprint density at radius 2 is 1.48 bits per heavy atom. The second-order valence-corrected chi connectivity index (χ2v) is 14.4. The number of sulfonamides is 1. The number of anilines is 1. The average Bonchev–Trinajstić information content (AvgIpc) is 2.99. The summed E-state index contributed by atoms with van der Waals surface area (Å²) in [5, 5.41) is 3.68. The van der Waals surface area contributed by atoms with E-state index in [1.54, 1.807) is 60.7 Å². The lowest BCUT2D eigenvalue weighted by atomic mass is 10.0. The lowest BCUT2D eigenvalue weighted by Crippen LogP contribution is -2.54. The van der Waals surface area contributed by atoms with Crippen LogP contribution in [-0.2, 0) is 32.6 Å². The molecule has 0 aliphatic heterocycles. The molecule has 0 aliphatic rings. The van der Waals surface area contributed by atoms with E-state index < -0.39 is 28.5 Å². The van der Waals surface area contributed by atoms with Crippen LogP contribution in [0.25, 0.3) is 0 Å². The number of hydrogen-bond acceptors (Lipinski definition) is 4. The monoisotopic (exact) mass is 763 g/mol. The van der Waals surface area contributed by atoms with Crippen molar-refractivity contribution in [1.29, 1.82) is 0 Å². The molecule has 11 heteroatoms. The first-order valence-corrected chi connectivity index (χ1v) is 17.1. The van der Waals surface area contributed by atoms with Crippen molar-refractivity contribution in [2.75, 3.05) is 10.8 Å². The van der Waals surface area contributed by atoms with Crippen LogP contribution in [-0.4, -0.2) is 43.8 Å². The second-order valence-electron chi connectivity index (χ2n) is 10.4. The molecule has 0 heterocycles. The SMILES string of the molecule is CC(C)NC(=O)[C@H](Cc1ccccc1)N(Cc1ccc(Cl)cc1Cl)C(=O)CN(c1ccc(I)cc1)S(=O)(=O)c1ccccc1. The van der Waals surface area contributed by atoms with Gasteiger partial charge in [0, 0.05) is 32.6 Å². The number of nitrogens with zero attached hydrogens (tertiary/aromatic N) is 2. The minimum Gasteiger partial charge on any atom is -0.352 e. The van der Waals surface area contributed by atoms with Crippen LogP contribution in [0.3, 0.4) is 0 Å². The summed E-state index contributed by atoms with van der Waals surface area (Å²) in [6.45, 7) is 3.07. The van der Waals surface area contributed by atoms with Crippen molar-refractivity contribution in [2.24, 2.45) is 0 Å². The van der Waals surface area contributed by atoms with E-state index in [4.69, 9.17) is 23.2 Å². The standard InChI is InChI=1S/C33H32Cl2IN3O4S/c1-23(2)37-33(41)31(19-24-9-5-3-6-10-24)38(21-25-13-14-26(34)20-30(25)35)32(40)22-39(28-17-15-27(36)16-18-28)44(42,43)29-11-7-4-8-12-29/h3-18,20,23,31H,19,21-22H2,1-2H3,(H,37,41)/t31-/m0/s1. The maximum absolute atomic E-state index is 14.4. The van der Waals surface area contributed by atoms with E-state index in [1.807, 2.05) is 44.2 Å². The molecule has 4 rings (SSSR count). The number of nitrogens with one attached hydrogen (secondary N) is 1. The number of carbonyl (C=O) groups excluding carboxylic acids is 2. The number of benzene rings is 4. The summed E-state index contributed by atoms with van der Waals surface area (Å²) in [7, 11) is -4.17. The van der Waals surface area contributed by atoms with E-state index in [-0.39, 0.29) is 29.8 Å². The van der Waals surface area contributed by atoms with Crippen LogP contribution in [0.5, 0.6) is 0 Å². The summed E-state index contributed by atoms with van der Waals surface area (Å²) < 4.78 is 30.0. The number of halogens is 3. The van der Waals surface area contributed by atoms with Gasteiger partial charge in [-0.1, -0.05) is 77.8 Å². The molecule has 0 spiro atoms. The third-order valence-electron chi connectivity index (χ3n) is 6.78. The number of carbonyl (C=O) groups is 2. The van der Waals surface area contributed by atoms with Gasteiger partial charge in [-0.25, -0.2) is 8.42 Å². The Kier molecular flexibility index (Phi) is 11.7. The van der Waals surface area contributed by atoms with Crippen LogP contribution < -0.4 is 9.62 Å². The Labute approximate surface area is 282 Å². The van der Waals surface area contributed by atoms with Gasteiger partial charge in [0.25, 0.3) is 10.0 Å². The van der Waals surface area contributed by atoms with E-state index in [9.17, 15) is 18.0 Å². The molecule has 4 aromatic carbocycles. The van der Waals surface area contributed by atoms with Crippen molar-refractivity contribution in [1.82, 2.24) is 10.2 Å². The predicted octanol–water partition coefficient (Wildman–Crippen LogP) is 6.96. The summed E-state index contributed by atoms with van der Waals surface area (Å²) in [6, 6.07) is 27.9. The molecule has 7 nitrogen and oxygen atoms in total. The van der Waals surface area contributed by atoms with Crippen molar-refractivity contribution >= 4 is 73.3 Å². The highest BCUT2D eigenvalue weighted by atomic mass is 127. The van der Waals surface area contributed by atoms with Gasteiger partial charge in [-0.15, -0.1) is 0 Å². The molecule has 2 amide bonds. The first-order chi connectivity index (χ1) is 21.0. The first kappa shape index (κ1) is 33.8. The third-order valence-corrected chi connectivity index (χ3v) is 9.88. The molecule has 0 aliphatic carbocycles. The second kappa shape index (κ2) is 15.2. The van der Waals surface area contributed by atoms with E-state index >= 15 is 0 Å². The normalized spacial score (nSPS) is 12.0. The van der Waals surface area contributed by atoms with Crippen molar-refractivity contribution in [3.63, 3.8) is 0 Å². The summed E-state index contributed by atoms with van der Waals surface area (Å²) in [4.78, 5) is 29.6. The summed E-state index contributed by atoms with van der Waals surface area (Å²) in [5.41, 5.74) is 1.72. The van der Waals surface area contributed by atoms with Gasteiger partial charge in [-0.05, 0) is 96.1 Å². The maximum atomic E-state index is 14.4. The van der Waals surface area contributed by atoms with Gasteiger partial charge in [-0.2, -0.15) is 0 Å². The van der Waals surface area contributed by atoms with Gasteiger partial charge in [0.2, 0.25) is 11.8 Å². The fourth-order valence-electron chi connectivity index (χ4n) is 4.62. The maximum Gasteiger partial charge on any atom is 0.264 e. The highest BCUT2D eigenvalue weighted by molar-refractivity contribution is 14.1. The quantitative estimate of drug-likeness (QED) is 0.158. The lowest BCUT2D eigenvalue weighted by molar-refractivity contribution is -0.140. The van der Waals surface area contributed by atoms with E-state index in [1.165, 1.54) is 17.0 Å². The molecule has 0 radical (unpaired) electrons. The molecule has 230 valence electrons. The molecule has 0 unspecified atom stereocenters.